The molecule has 1 aliphatic rings. The van der Waals surface area contributed by atoms with Crippen molar-refractivity contribution < 1.29 is 28.7 Å². The summed E-state index contributed by atoms with van der Waals surface area (Å²) in [6.45, 7) is 9.85. The zero-order chi connectivity index (χ0) is 33.6. The number of amides is 5. The molecule has 0 aliphatic carbocycles. The highest BCUT2D eigenvalue weighted by Gasteiger charge is 2.43. The van der Waals surface area contributed by atoms with Crippen molar-refractivity contribution in [2.45, 2.75) is 95.9 Å². The summed E-state index contributed by atoms with van der Waals surface area (Å²) in [5.74, 6) is 0.362. The Kier molecular flexibility index (Phi) is 15.6. The van der Waals surface area contributed by atoms with Crippen molar-refractivity contribution >= 4 is 53.1 Å². The van der Waals surface area contributed by atoms with Crippen LogP contribution in [0.5, 0.6) is 0 Å². The number of hydrogen-bond acceptors (Lipinski definition) is 9. The lowest BCUT2D eigenvalue weighted by atomic mass is 9.85. The highest BCUT2D eigenvalue weighted by atomic mass is 32.2. The van der Waals surface area contributed by atoms with Crippen LogP contribution in [0.3, 0.4) is 0 Å². The maximum absolute atomic E-state index is 13.8. The van der Waals surface area contributed by atoms with Crippen LogP contribution in [0.2, 0.25) is 0 Å². The Balaban J connectivity index is 1.98. The number of hydrogen-bond donors (Lipinski definition) is 5. The van der Waals surface area contributed by atoms with E-state index >= 15 is 0 Å². The van der Waals surface area contributed by atoms with E-state index in [1.54, 1.807) is 44.3 Å². The molecule has 0 saturated carbocycles. The van der Waals surface area contributed by atoms with Gasteiger partial charge in [0.2, 0.25) is 29.5 Å². The first-order valence-corrected chi connectivity index (χ1v) is 17.6. The van der Waals surface area contributed by atoms with Gasteiger partial charge in [-0.05, 0) is 29.9 Å². The van der Waals surface area contributed by atoms with Crippen molar-refractivity contribution in [1.82, 2.24) is 20.9 Å². The molecule has 12 nitrogen and oxygen atoms in total. The molecule has 5 amide bonds. The van der Waals surface area contributed by atoms with E-state index in [2.05, 4.69) is 20.9 Å². The third-order valence-electron chi connectivity index (χ3n) is 7.26. The summed E-state index contributed by atoms with van der Waals surface area (Å²) in [4.78, 5) is 67.8. The number of ether oxygens (including phenoxy) is 1. The van der Waals surface area contributed by atoms with Gasteiger partial charge >= 0.3 is 0 Å². The van der Waals surface area contributed by atoms with Crippen LogP contribution < -0.4 is 27.4 Å². The molecule has 14 heteroatoms. The van der Waals surface area contributed by atoms with Gasteiger partial charge < -0.3 is 32.2 Å². The predicted molar refractivity (Wildman–Crippen MR) is 178 cm³/mol. The van der Waals surface area contributed by atoms with Gasteiger partial charge in [-0.3, -0.25) is 29.0 Å². The number of nitrogens with two attached hydrogens (primary N) is 2. The first kappa shape index (κ1) is 38.3. The molecule has 0 radical (unpaired) electrons. The Morgan fingerprint density at radius 2 is 1.53 bits per heavy atom. The molecular weight excluding hydrogens is 617 g/mol. The van der Waals surface area contributed by atoms with Crippen LogP contribution in [0.15, 0.2) is 18.2 Å². The Bertz CT molecular complexity index is 1170. The van der Waals surface area contributed by atoms with Gasteiger partial charge in [0.05, 0.1) is 11.4 Å². The van der Waals surface area contributed by atoms with Gasteiger partial charge in [0.25, 0.3) is 0 Å². The van der Waals surface area contributed by atoms with E-state index in [0.717, 1.165) is 11.4 Å². The molecule has 0 spiro atoms. The number of rotatable bonds is 18. The van der Waals surface area contributed by atoms with Crippen LogP contribution in [0.1, 0.15) is 78.1 Å². The molecule has 1 fully saturated rings. The smallest absolute Gasteiger partial charge is 0.246 e. The van der Waals surface area contributed by atoms with Crippen LogP contribution in [0.4, 0.5) is 0 Å². The van der Waals surface area contributed by atoms with Gasteiger partial charge in [0, 0.05) is 61.9 Å². The third-order valence-corrected chi connectivity index (χ3v) is 9.24. The second kappa shape index (κ2) is 18.3. The number of carbonyl (C=O) groups excluding carboxylic acids is 5. The minimum Gasteiger partial charge on any atom is -0.381 e. The summed E-state index contributed by atoms with van der Waals surface area (Å²) < 4.78 is 5.49. The number of primary amides is 2. The minimum atomic E-state index is -1.22. The van der Waals surface area contributed by atoms with Crippen LogP contribution in [0.25, 0.3) is 0 Å². The average Bonchev–Trinajstić information content (AvgIpc) is 2.95. The van der Waals surface area contributed by atoms with Crippen LogP contribution >= 0.6 is 23.5 Å². The minimum absolute atomic E-state index is 0.0655. The number of carbonyl (C=O) groups is 5. The first-order chi connectivity index (χ1) is 21.1. The van der Waals surface area contributed by atoms with Crippen molar-refractivity contribution in [3.05, 3.63) is 29.6 Å². The second-order valence-electron chi connectivity index (χ2n) is 12.8. The fourth-order valence-corrected chi connectivity index (χ4v) is 6.50. The molecule has 2 rings (SSSR count). The Labute approximate surface area is 275 Å². The molecule has 45 heavy (non-hydrogen) atoms. The first-order valence-electron chi connectivity index (χ1n) is 15.3. The van der Waals surface area contributed by atoms with Crippen molar-refractivity contribution in [2.75, 3.05) is 24.7 Å². The topological polar surface area (TPSA) is 196 Å². The second-order valence-corrected chi connectivity index (χ2v) is 15.0. The number of nitrogens with one attached hydrogen (secondary N) is 3. The molecule has 252 valence electrons. The summed E-state index contributed by atoms with van der Waals surface area (Å²) in [6, 6.07) is 3.97. The van der Waals surface area contributed by atoms with Gasteiger partial charge in [-0.1, -0.05) is 40.7 Å². The van der Waals surface area contributed by atoms with Crippen molar-refractivity contribution in [2.24, 2.45) is 22.8 Å². The van der Waals surface area contributed by atoms with Crippen molar-refractivity contribution in [3.8, 4) is 0 Å². The van der Waals surface area contributed by atoms with Crippen molar-refractivity contribution in [3.63, 3.8) is 0 Å². The summed E-state index contributed by atoms with van der Waals surface area (Å²) in [6.07, 6.45) is 1.42. The monoisotopic (exact) mass is 666 g/mol. The molecule has 1 saturated heterocycles. The molecule has 7 N–H and O–H groups in total. The third kappa shape index (κ3) is 13.6. The molecule has 1 aromatic rings. The molecule has 0 unspecified atom stereocenters. The Hall–Kier alpha value is -2.84. The van der Waals surface area contributed by atoms with Gasteiger partial charge in [-0.2, -0.15) is 23.5 Å². The van der Waals surface area contributed by atoms with E-state index in [9.17, 15) is 24.0 Å². The highest BCUT2D eigenvalue weighted by molar-refractivity contribution is 7.98. The molecule has 1 aliphatic heterocycles. The fourth-order valence-electron chi connectivity index (χ4n) is 4.80. The zero-order valence-corrected chi connectivity index (χ0v) is 28.7. The Morgan fingerprint density at radius 3 is 2.04 bits per heavy atom. The number of pyridine rings is 1. The zero-order valence-electron chi connectivity index (χ0n) is 27.1. The quantitative estimate of drug-likeness (QED) is 0.146. The lowest BCUT2D eigenvalue weighted by molar-refractivity contribution is -0.140. The lowest BCUT2D eigenvalue weighted by Crippen LogP contribution is -2.65. The van der Waals surface area contributed by atoms with E-state index < -0.39 is 40.8 Å². The predicted octanol–water partition coefficient (Wildman–Crippen LogP) is 2.03. The summed E-state index contributed by atoms with van der Waals surface area (Å²) in [5, 5.41) is 8.55. The number of nitrogens with zero attached hydrogens (tertiary/aromatic N) is 1. The lowest BCUT2D eigenvalue weighted by Gasteiger charge is -2.38. The molecule has 0 bridgehead atoms. The van der Waals surface area contributed by atoms with Crippen molar-refractivity contribution in [1.29, 1.82) is 0 Å². The van der Waals surface area contributed by atoms with Crippen LogP contribution in [-0.4, -0.2) is 76.9 Å². The highest BCUT2D eigenvalue weighted by Crippen LogP contribution is 2.24. The van der Waals surface area contributed by atoms with E-state index in [-0.39, 0.29) is 37.0 Å². The van der Waals surface area contributed by atoms with Crippen LogP contribution in [-0.2, 0) is 40.2 Å². The summed E-state index contributed by atoms with van der Waals surface area (Å²) in [7, 11) is 0. The standard InChI is InChI=1S/C31H50N6O6S2/c1-20(2)17-23(28(41)36-26(27(33)40)30(3,4)5)35-29(42)31(11-13-43-14-12-31)37-25(39)10-16-45-19-22-8-6-7-21(34-22)18-44-15-9-24(32)38/h6-8,20,23,26H,9-19H2,1-5H3,(H2,32,38)(H2,33,40)(H,35,42)(H,36,41)(H,37,39)/t23-,26+/m0/s1. The van der Waals surface area contributed by atoms with E-state index in [1.807, 2.05) is 32.0 Å². The summed E-state index contributed by atoms with van der Waals surface area (Å²) in [5.41, 5.74) is 10.7. The molecule has 2 heterocycles. The molecule has 0 aromatic carbocycles. The van der Waals surface area contributed by atoms with E-state index in [0.29, 0.717) is 49.1 Å². The maximum atomic E-state index is 13.8. The van der Waals surface area contributed by atoms with Crippen LogP contribution in [0, 0.1) is 11.3 Å². The Morgan fingerprint density at radius 1 is 0.956 bits per heavy atom. The number of thioether (sulfide) groups is 2. The largest absolute Gasteiger partial charge is 0.381 e. The van der Waals surface area contributed by atoms with Gasteiger partial charge in [0.15, 0.2) is 0 Å². The number of aromatic nitrogens is 1. The average molecular weight is 667 g/mol. The molecule has 2 atom stereocenters. The molecular formula is C31H50N6O6S2. The van der Waals surface area contributed by atoms with Gasteiger partial charge in [0.1, 0.15) is 17.6 Å². The van der Waals surface area contributed by atoms with E-state index in [4.69, 9.17) is 16.2 Å². The normalized spacial score (nSPS) is 16.0. The molecule has 1 aromatic heterocycles. The van der Waals surface area contributed by atoms with E-state index in [1.165, 1.54) is 0 Å². The SMILES string of the molecule is CC(C)C[C@H](NC(=O)C1(NC(=O)CCSCc2cccc(CSCCC(N)=O)n2)CCOCC1)C(=O)N[C@H](C(N)=O)C(C)(C)C. The maximum Gasteiger partial charge on any atom is 0.246 e. The summed E-state index contributed by atoms with van der Waals surface area (Å²) >= 11 is 3.17. The van der Waals surface area contributed by atoms with Gasteiger partial charge in [-0.25, -0.2) is 0 Å². The fraction of sp³-hybridized carbons (Fsp3) is 0.677. The van der Waals surface area contributed by atoms with Gasteiger partial charge in [-0.15, -0.1) is 0 Å².